The summed E-state index contributed by atoms with van der Waals surface area (Å²) in [5.74, 6) is -0.983. The molecule has 0 bridgehead atoms. The first kappa shape index (κ1) is 22.2. The summed E-state index contributed by atoms with van der Waals surface area (Å²) in [5, 5.41) is 2.77. The lowest BCUT2D eigenvalue weighted by Crippen LogP contribution is -2.49. The highest BCUT2D eigenvalue weighted by molar-refractivity contribution is 7.92. The molecule has 0 spiro atoms. The molecule has 3 rings (SSSR count). The fourth-order valence-electron chi connectivity index (χ4n) is 3.17. The van der Waals surface area contributed by atoms with Crippen molar-refractivity contribution >= 4 is 31.6 Å². The summed E-state index contributed by atoms with van der Waals surface area (Å²) in [6.45, 7) is 0.586. The summed E-state index contributed by atoms with van der Waals surface area (Å²) in [6.07, 6.45) is 2.37. The van der Waals surface area contributed by atoms with Crippen molar-refractivity contribution < 1.29 is 26.0 Å². The zero-order valence-corrected chi connectivity index (χ0v) is 17.8. The summed E-state index contributed by atoms with van der Waals surface area (Å²) in [5.41, 5.74) is 0.322. The number of hydrogen-bond donors (Lipinski definition) is 2. The Morgan fingerprint density at radius 1 is 1.10 bits per heavy atom. The molecule has 1 atom stereocenters. The molecule has 1 amide bonds. The van der Waals surface area contributed by atoms with Crippen LogP contribution in [0.3, 0.4) is 0 Å². The molecule has 0 aliphatic carbocycles. The average Bonchev–Trinajstić information content (AvgIpc) is 2.69. The molecule has 0 aromatic heterocycles. The predicted molar refractivity (Wildman–Crippen MR) is 111 cm³/mol. The first-order chi connectivity index (χ1) is 14.0. The zero-order chi connectivity index (χ0) is 21.9. The molecular weight excluding hydrogens is 433 g/mol. The van der Waals surface area contributed by atoms with Crippen LogP contribution in [0.2, 0.25) is 0 Å². The lowest BCUT2D eigenvalue weighted by atomic mass is 10.1. The highest BCUT2D eigenvalue weighted by Crippen LogP contribution is 2.18. The van der Waals surface area contributed by atoms with Crippen LogP contribution in [0.25, 0.3) is 0 Å². The van der Waals surface area contributed by atoms with E-state index in [4.69, 9.17) is 0 Å². The zero-order valence-electron chi connectivity index (χ0n) is 16.2. The van der Waals surface area contributed by atoms with Gasteiger partial charge in [0.25, 0.3) is 15.9 Å². The number of hydrogen-bond acceptors (Lipinski definition) is 5. The van der Waals surface area contributed by atoms with Crippen molar-refractivity contribution in [2.75, 3.05) is 24.1 Å². The van der Waals surface area contributed by atoms with Crippen molar-refractivity contribution in [3.05, 3.63) is 59.9 Å². The van der Waals surface area contributed by atoms with Gasteiger partial charge in [0, 0.05) is 30.4 Å². The molecule has 1 aliphatic heterocycles. The van der Waals surface area contributed by atoms with Gasteiger partial charge in [-0.15, -0.1) is 0 Å². The summed E-state index contributed by atoms with van der Waals surface area (Å²) in [4.78, 5) is 12.5. The fraction of sp³-hybridized carbons (Fsp3) is 0.316. The van der Waals surface area contributed by atoms with Crippen LogP contribution < -0.4 is 10.0 Å². The molecular formula is C19H22FN3O5S2. The first-order valence-electron chi connectivity index (χ1n) is 9.19. The molecule has 1 heterocycles. The van der Waals surface area contributed by atoms with E-state index in [1.165, 1.54) is 40.7 Å². The Balaban J connectivity index is 1.72. The molecule has 1 saturated heterocycles. The summed E-state index contributed by atoms with van der Waals surface area (Å²) in [6, 6.07) is 9.98. The number of nitrogens with zero attached hydrogens (tertiary/aromatic N) is 1. The van der Waals surface area contributed by atoms with Crippen LogP contribution in [0.15, 0.2) is 53.4 Å². The van der Waals surface area contributed by atoms with Crippen molar-refractivity contribution in [1.29, 1.82) is 0 Å². The monoisotopic (exact) mass is 455 g/mol. The van der Waals surface area contributed by atoms with Crippen LogP contribution in [-0.2, 0) is 20.0 Å². The molecule has 1 aliphatic rings. The quantitative estimate of drug-likeness (QED) is 0.690. The second kappa shape index (κ2) is 8.70. The van der Waals surface area contributed by atoms with Gasteiger partial charge in [0.15, 0.2) is 0 Å². The summed E-state index contributed by atoms with van der Waals surface area (Å²) < 4.78 is 65.3. The second-order valence-electron chi connectivity index (χ2n) is 7.07. The number of carbonyl (C=O) groups excluding carboxylic acids is 1. The normalized spacial score (nSPS) is 18.0. The minimum atomic E-state index is -3.98. The van der Waals surface area contributed by atoms with Crippen LogP contribution in [0.4, 0.5) is 10.1 Å². The number of rotatable bonds is 6. The minimum absolute atomic E-state index is 0.124. The molecule has 162 valence electrons. The second-order valence-corrected chi connectivity index (χ2v) is 10.7. The molecule has 1 fully saturated rings. The van der Waals surface area contributed by atoms with Gasteiger partial charge >= 0.3 is 0 Å². The maximum Gasteiger partial charge on any atom is 0.261 e. The van der Waals surface area contributed by atoms with E-state index in [-0.39, 0.29) is 28.7 Å². The van der Waals surface area contributed by atoms with Crippen LogP contribution in [0.1, 0.15) is 23.2 Å². The van der Waals surface area contributed by atoms with Crippen molar-refractivity contribution in [1.82, 2.24) is 9.62 Å². The van der Waals surface area contributed by atoms with Crippen molar-refractivity contribution in [2.24, 2.45) is 0 Å². The fourth-order valence-corrected chi connectivity index (χ4v) is 5.18. The van der Waals surface area contributed by atoms with Crippen LogP contribution >= 0.6 is 0 Å². The number of nitrogens with one attached hydrogen (secondary N) is 2. The van der Waals surface area contributed by atoms with Gasteiger partial charge < -0.3 is 5.32 Å². The van der Waals surface area contributed by atoms with E-state index in [2.05, 4.69) is 10.0 Å². The summed E-state index contributed by atoms with van der Waals surface area (Å²) >= 11 is 0. The molecule has 2 aromatic rings. The SMILES string of the molecule is CS(=O)(=O)N1CCCC(NC(=O)c2cccc(S(=O)(=O)Nc3ccc(F)cc3)c2)C1. The third-order valence-electron chi connectivity index (χ3n) is 4.69. The Labute approximate surface area is 175 Å². The van der Waals surface area contributed by atoms with Gasteiger partial charge in [0.1, 0.15) is 5.82 Å². The van der Waals surface area contributed by atoms with E-state index >= 15 is 0 Å². The van der Waals surface area contributed by atoms with Crippen molar-refractivity contribution in [2.45, 2.75) is 23.8 Å². The van der Waals surface area contributed by atoms with Gasteiger partial charge in [-0.1, -0.05) is 6.07 Å². The number of halogens is 1. The maximum absolute atomic E-state index is 13.0. The topological polar surface area (TPSA) is 113 Å². The lowest BCUT2D eigenvalue weighted by molar-refractivity contribution is 0.0921. The Morgan fingerprint density at radius 2 is 1.80 bits per heavy atom. The molecule has 30 heavy (non-hydrogen) atoms. The Bertz CT molecular complexity index is 1140. The van der Waals surface area contributed by atoms with Crippen molar-refractivity contribution in [3.63, 3.8) is 0 Å². The number of sulfonamides is 2. The van der Waals surface area contributed by atoms with E-state index in [1.54, 1.807) is 0 Å². The predicted octanol–water partition coefficient (Wildman–Crippen LogP) is 1.78. The Hall–Kier alpha value is -2.50. The van der Waals surface area contributed by atoms with Crippen LogP contribution in [0.5, 0.6) is 0 Å². The molecule has 8 nitrogen and oxygen atoms in total. The highest BCUT2D eigenvalue weighted by atomic mass is 32.2. The van der Waals surface area contributed by atoms with Gasteiger partial charge in [0.05, 0.1) is 11.2 Å². The number of piperidine rings is 1. The molecule has 2 aromatic carbocycles. The van der Waals surface area contributed by atoms with E-state index in [1.807, 2.05) is 0 Å². The van der Waals surface area contributed by atoms with Gasteiger partial charge in [-0.25, -0.2) is 25.5 Å². The number of anilines is 1. The van der Waals surface area contributed by atoms with E-state index in [0.29, 0.717) is 19.4 Å². The minimum Gasteiger partial charge on any atom is -0.348 e. The smallest absolute Gasteiger partial charge is 0.261 e. The van der Waals surface area contributed by atoms with E-state index in [9.17, 15) is 26.0 Å². The Morgan fingerprint density at radius 3 is 2.47 bits per heavy atom. The van der Waals surface area contributed by atoms with Gasteiger partial charge in [-0.2, -0.15) is 0 Å². The summed E-state index contributed by atoms with van der Waals surface area (Å²) in [7, 11) is -7.33. The molecule has 0 radical (unpaired) electrons. The molecule has 11 heteroatoms. The average molecular weight is 456 g/mol. The largest absolute Gasteiger partial charge is 0.348 e. The Kier molecular flexibility index (Phi) is 6.44. The molecule has 2 N–H and O–H groups in total. The molecule has 0 saturated carbocycles. The van der Waals surface area contributed by atoms with Gasteiger partial charge in [0.2, 0.25) is 10.0 Å². The van der Waals surface area contributed by atoms with E-state index in [0.717, 1.165) is 18.4 Å². The third kappa shape index (κ3) is 5.55. The van der Waals surface area contributed by atoms with Crippen molar-refractivity contribution in [3.8, 4) is 0 Å². The third-order valence-corrected chi connectivity index (χ3v) is 7.34. The number of amides is 1. The number of benzene rings is 2. The van der Waals surface area contributed by atoms with Gasteiger partial charge in [-0.05, 0) is 55.3 Å². The first-order valence-corrected chi connectivity index (χ1v) is 12.5. The van der Waals surface area contributed by atoms with Crippen LogP contribution in [-0.4, -0.2) is 52.4 Å². The van der Waals surface area contributed by atoms with E-state index < -0.39 is 31.8 Å². The maximum atomic E-state index is 13.0. The highest BCUT2D eigenvalue weighted by Gasteiger charge is 2.27. The molecule has 1 unspecified atom stereocenters. The standard InChI is InChI=1S/C19H22FN3O5S2/c1-29(25,26)23-11-3-5-17(13-23)21-19(24)14-4-2-6-18(12-14)30(27,28)22-16-9-7-15(20)8-10-16/h2,4,6-10,12,17,22H,3,5,11,13H2,1H3,(H,21,24). The lowest BCUT2D eigenvalue weighted by Gasteiger charge is -2.31. The van der Waals surface area contributed by atoms with Gasteiger partial charge in [-0.3, -0.25) is 9.52 Å². The van der Waals surface area contributed by atoms with Crippen LogP contribution in [0, 0.1) is 5.82 Å². The number of carbonyl (C=O) groups is 1.